The molecule has 2 atom stereocenters. The predicted octanol–water partition coefficient (Wildman–Crippen LogP) is 3.28. The van der Waals surface area contributed by atoms with Gasteiger partial charge in [-0.05, 0) is 37.1 Å². The van der Waals surface area contributed by atoms with E-state index in [4.69, 9.17) is 11.6 Å². The molecule has 0 spiro atoms. The summed E-state index contributed by atoms with van der Waals surface area (Å²) in [6.45, 7) is 4.54. The van der Waals surface area contributed by atoms with E-state index >= 15 is 0 Å². The fraction of sp³-hybridized carbons (Fsp3) is 0.273. The largest absolute Gasteiger partial charge is 0.325 e. The van der Waals surface area contributed by atoms with Crippen LogP contribution in [0.4, 0.5) is 10.7 Å². The number of anilines is 1. The molecule has 3 aromatic rings. The van der Waals surface area contributed by atoms with Gasteiger partial charge in [0.15, 0.2) is 11.9 Å². The fourth-order valence-corrected chi connectivity index (χ4v) is 4.57. The number of imide groups is 1. The van der Waals surface area contributed by atoms with E-state index in [1.54, 1.807) is 13.1 Å². The zero-order valence-corrected chi connectivity index (χ0v) is 18.1. The highest BCUT2D eigenvalue weighted by atomic mass is 35.5. The number of carbonyl (C=O) groups is 2. The van der Waals surface area contributed by atoms with E-state index in [1.165, 1.54) is 4.90 Å². The van der Waals surface area contributed by atoms with Crippen LogP contribution in [0.25, 0.3) is 11.4 Å². The summed E-state index contributed by atoms with van der Waals surface area (Å²) < 4.78 is 1.84. The first-order chi connectivity index (χ1) is 14.9. The third-order valence-corrected chi connectivity index (χ3v) is 6.32. The Bertz CT molecular complexity index is 1220. The van der Waals surface area contributed by atoms with Crippen molar-refractivity contribution in [3.8, 4) is 11.4 Å². The van der Waals surface area contributed by atoms with Crippen LogP contribution >= 0.6 is 11.6 Å². The van der Waals surface area contributed by atoms with Gasteiger partial charge in [-0.25, -0.2) is 4.79 Å². The Kier molecular flexibility index (Phi) is 4.48. The quantitative estimate of drug-likeness (QED) is 0.681. The van der Waals surface area contributed by atoms with E-state index in [-0.39, 0.29) is 5.91 Å². The van der Waals surface area contributed by atoms with Crippen molar-refractivity contribution in [2.75, 3.05) is 11.9 Å². The number of likely N-dealkylation sites (N-methyl/N-ethyl adjacent to an activating group) is 1. The second-order valence-corrected chi connectivity index (χ2v) is 8.40. The normalized spacial score (nSPS) is 20.0. The van der Waals surface area contributed by atoms with E-state index in [0.717, 1.165) is 16.7 Å². The molecule has 0 saturated carbocycles. The molecule has 0 radical (unpaired) electrons. The topological polar surface area (TPSA) is 83.4 Å². The number of carbonyl (C=O) groups excluding carboxylic acids is 2. The number of hydrogen-bond donors (Lipinski definition) is 1. The van der Waals surface area contributed by atoms with Gasteiger partial charge in [-0.15, -0.1) is 10.2 Å². The van der Waals surface area contributed by atoms with Gasteiger partial charge in [0.1, 0.15) is 6.17 Å². The smallest absolute Gasteiger partial charge is 0.321 e. The van der Waals surface area contributed by atoms with Crippen molar-refractivity contribution in [1.29, 1.82) is 0 Å². The van der Waals surface area contributed by atoms with Crippen LogP contribution in [0.1, 0.15) is 22.9 Å². The molecule has 0 bridgehead atoms. The highest BCUT2D eigenvalue weighted by molar-refractivity contribution is 6.33. The molecule has 1 N–H and O–H groups in total. The molecular weight excluding hydrogens is 416 g/mol. The van der Waals surface area contributed by atoms with Gasteiger partial charge in [-0.2, -0.15) is 0 Å². The summed E-state index contributed by atoms with van der Waals surface area (Å²) in [5, 5.41) is 11.8. The zero-order valence-electron chi connectivity index (χ0n) is 17.3. The van der Waals surface area contributed by atoms with Gasteiger partial charge in [0.05, 0.1) is 5.02 Å². The molecular formula is C22H21ClN6O2. The van der Waals surface area contributed by atoms with Gasteiger partial charge in [0.2, 0.25) is 5.95 Å². The van der Waals surface area contributed by atoms with Gasteiger partial charge in [-0.1, -0.05) is 47.5 Å². The molecule has 1 fully saturated rings. The Morgan fingerprint density at radius 2 is 1.87 bits per heavy atom. The molecule has 3 amide bonds. The number of nitrogens with one attached hydrogen (secondary N) is 1. The minimum Gasteiger partial charge on any atom is -0.321 e. The lowest BCUT2D eigenvalue weighted by Gasteiger charge is -2.37. The van der Waals surface area contributed by atoms with Gasteiger partial charge < -0.3 is 9.80 Å². The van der Waals surface area contributed by atoms with Gasteiger partial charge >= 0.3 is 6.03 Å². The first-order valence-electron chi connectivity index (χ1n) is 9.97. The van der Waals surface area contributed by atoms with Crippen molar-refractivity contribution >= 4 is 29.5 Å². The molecule has 1 saturated heterocycles. The standard InChI is InChI=1S/C22H21ClN6O2/c1-12-8-9-13(2)14(10-12)11-28-17-19(30)24-22(31)27(3)20(17)29-18(25-26-21(28)29)15-6-4-5-7-16(15)23/h4-10,17,20H,11H2,1-3H3,(H,24,30,31). The van der Waals surface area contributed by atoms with Crippen molar-refractivity contribution in [2.24, 2.45) is 0 Å². The first-order valence-corrected chi connectivity index (χ1v) is 10.3. The highest BCUT2D eigenvalue weighted by Crippen LogP contribution is 2.42. The average Bonchev–Trinajstić information content (AvgIpc) is 3.29. The molecule has 0 aliphatic carbocycles. The summed E-state index contributed by atoms with van der Waals surface area (Å²) in [6.07, 6.45) is -0.581. The Hall–Kier alpha value is -3.39. The lowest BCUT2D eigenvalue weighted by Crippen LogP contribution is -2.61. The first kappa shape index (κ1) is 19.6. The molecule has 3 heterocycles. The SMILES string of the molecule is Cc1ccc(C)c(CN2c3nnc(-c4ccccc4Cl)n3C3C2C(=O)NC(=O)N3C)c1. The third-order valence-electron chi connectivity index (χ3n) is 5.99. The van der Waals surface area contributed by atoms with Crippen molar-refractivity contribution in [2.45, 2.75) is 32.6 Å². The third kappa shape index (κ3) is 2.97. The molecule has 2 aliphatic heterocycles. The molecule has 9 heteroatoms. The Balaban J connectivity index is 1.68. The second kappa shape index (κ2) is 7.09. The van der Waals surface area contributed by atoms with Crippen LogP contribution in [-0.4, -0.2) is 44.7 Å². The molecule has 158 valence electrons. The van der Waals surface area contributed by atoms with E-state index in [9.17, 15) is 9.59 Å². The minimum atomic E-state index is -0.630. The van der Waals surface area contributed by atoms with Crippen molar-refractivity contribution in [3.05, 3.63) is 64.2 Å². The van der Waals surface area contributed by atoms with E-state index in [0.29, 0.717) is 28.9 Å². The average molecular weight is 437 g/mol. The van der Waals surface area contributed by atoms with Crippen LogP contribution in [0.2, 0.25) is 5.02 Å². The Morgan fingerprint density at radius 3 is 2.65 bits per heavy atom. The Labute approximate surface area is 184 Å². The number of nitrogens with zero attached hydrogens (tertiary/aromatic N) is 5. The fourth-order valence-electron chi connectivity index (χ4n) is 4.35. The highest BCUT2D eigenvalue weighted by Gasteiger charge is 2.52. The zero-order chi connectivity index (χ0) is 21.9. The summed E-state index contributed by atoms with van der Waals surface area (Å²) in [4.78, 5) is 28.9. The number of benzene rings is 2. The number of amides is 3. The number of rotatable bonds is 3. The van der Waals surface area contributed by atoms with Gasteiger partial charge in [-0.3, -0.25) is 14.7 Å². The molecule has 1 aromatic heterocycles. The summed E-state index contributed by atoms with van der Waals surface area (Å²) >= 11 is 6.44. The van der Waals surface area contributed by atoms with Crippen LogP contribution in [0, 0.1) is 13.8 Å². The number of aryl methyl sites for hydroxylation is 2. The number of hydrogen-bond acceptors (Lipinski definition) is 5. The van der Waals surface area contributed by atoms with Crippen molar-refractivity contribution in [3.63, 3.8) is 0 Å². The van der Waals surface area contributed by atoms with Gasteiger partial charge in [0.25, 0.3) is 5.91 Å². The lowest BCUT2D eigenvalue weighted by molar-refractivity contribution is -0.124. The van der Waals surface area contributed by atoms with Crippen LogP contribution in [-0.2, 0) is 11.3 Å². The molecule has 31 heavy (non-hydrogen) atoms. The van der Waals surface area contributed by atoms with Crippen molar-refractivity contribution < 1.29 is 9.59 Å². The summed E-state index contributed by atoms with van der Waals surface area (Å²) in [5.41, 5.74) is 4.03. The maximum absolute atomic E-state index is 13.0. The number of aromatic nitrogens is 3. The van der Waals surface area contributed by atoms with E-state index in [2.05, 4.69) is 33.7 Å². The maximum Gasteiger partial charge on any atom is 0.325 e. The van der Waals surface area contributed by atoms with Crippen LogP contribution in [0.3, 0.4) is 0 Å². The van der Waals surface area contributed by atoms with Crippen LogP contribution in [0.15, 0.2) is 42.5 Å². The summed E-state index contributed by atoms with van der Waals surface area (Å²) in [7, 11) is 1.67. The monoisotopic (exact) mass is 436 g/mol. The molecule has 2 aromatic carbocycles. The summed E-state index contributed by atoms with van der Waals surface area (Å²) in [5.74, 6) is 0.699. The van der Waals surface area contributed by atoms with Crippen molar-refractivity contribution in [1.82, 2.24) is 25.0 Å². The molecule has 2 aliphatic rings. The maximum atomic E-state index is 13.0. The number of halogens is 1. The predicted molar refractivity (Wildman–Crippen MR) is 117 cm³/mol. The summed E-state index contributed by atoms with van der Waals surface area (Å²) in [6, 6.07) is 12.5. The number of urea groups is 1. The van der Waals surface area contributed by atoms with Crippen LogP contribution in [0.5, 0.6) is 0 Å². The lowest BCUT2D eigenvalue weighted by atomic mass is 10.0. The van der Waals surface area contributed by atoms with Crippen LogP contribution < -0.4 is 10.2 Å². The van der Waals surface area contributed by atoms with Gasteiger partial charge in [0, 0.05) is 19.2 Å². The molecule has 8 nitrogen and oxygen atoms in total. The van der Waals surface area contributed by atoms with E-state index in [1.807, 2.05) is 41.5 Å². The molecule has 5 rings (SSSR count). The molecule has 2 unspecified atom stereocenters. The second-order valence-electron chi connectivity index (χ2n) is 8.00. The van der Waals surface area contributed by atoms with E-state index < -0.39 is 18.2 Å². The number of fused-ring (bicyclic) bond motifs is 3. The Morgan fingerprint density at radius 1 is 1.10 bits per heavy atom. The minimum absolute atomic E-state index is 0.353.